The maximum Gasteiger partial charge on any atom is 0.152 e. The van der Waals surface area contributed by atoms with Crippen molar-refractivity contribution in [1.29, 1.82) is 0 Å². The van der Waals surface area contributed by atoms with Crippen molar-refractivity contribution < 1.29 is 13.9 Å². The highest BCUT2D eigenvalue weighted by Crippen LogP contribution is 2.19. The normalized spacial score (nSPS) is 11.2. The monoisotopic (exact) mass is 235 g/mol. The van der Waals surface area contributed by atoms with Crippen LogP contribution in [0.4, 0.5) is 0 Å². The molecule has 0 aromatic carbocycles. The lowest BCUT2D eigenvalue weighted by Gasteiger charge is -2.08. The molecule has 0 amide bonds. The van der Waals surface area contributed by atoms with E-state index in [9.17, 15) is 0 Å². The summed E-state index contributed by atoms with van der Waals surface area (Å²) in [5, 5.41) is 0. The van der Waals surface area contributed by atoms with E-state index in [0.717, 1.165) is 22.4 Å². The highest BCUT2D eigenvalue weighted by molar-refractivity contribution is 5.73. The van der Waals surface area contributed by atoms with Gasteiger partial charge in [-0.05, 0) is 19.9 Å². The molecule has 2 aromatic heterocycles. The Kier molecular flexibility index (Phi) is 4.12. The summed E-state index contributed by atoms with van der Waals surface area (Å²) in [6, 6.07) is 3.83. The predicted octanol–water partition coefficient (Wildman–Crippen LogP) is 2.90. The van der Waals surface area contributed by atoms with Crippen LogP contribution in [0.25, 0.3) is 11.1 Å². The molecule has 0 unspecified atom stereocenters. The highest BCUT2D eigenvalue weighted by atomic mass is 16.5. The van der Waals surface area contributed by atoms with E-state index in [2.05, 4.69) is 4.98 Å². The lowest BCUT2D eigenvalue weighted by atomic mass is 10.2. The van der Waals surface area contributed by atoms with E-state index in [0.29, 0.717) is 26.4 Å². The minimum absolute atomic E-state index is 0.514. The Morgan fingerprint density at radius 1 is 1.18 bits per heavy atom. The molecule has 0 N–H and O–H groups in total. The van der Waals surface area contributed by atoms with Crippen LogP contribution >= 0.6 is 0 Å². The molecule has 4 heteroatoms. The van der Waals surface area contributed by atoms with Gasteiger partial charge in [0, 0.05) is 24.8 Å². The van der Waals surface area contributed by atoms with Gasteiger partial charge in [-0.2, -0.15) is 0 Å². The van der Waals surface area contributed by atoms with Gasteiger partial charge in [-0.15, -0.1) is 0 Å². The molecule has 2 rings (SSSR count). The van der Waals surface area contributed by atoms with Crippen molar-refractivity contribution in [2.45, 2.75) is 27.1 Å². The number of nitrogens with zero attached hydrogens (tertiary/aromatic N) is 1. The van der Waals surface area contributed by atoms with Gasteiger partial charge in [0.05, 0.1) is 25.2 Å². The summed E-state index contributed by atoms with van der Waals surface area (Å²) in [6.07, 6.45) is 1.65. The molecule has 0 fully saturated rings. The van der Waals surface area contributed by atoms with Crippen LogP contribution in [0.1, 0.15) is 25.1 Å². The molecule has 17 heavy (non-hydrogen) atoms. The van der Waals surface area contributed by atoms with Gasteiger partial charge in [-0.25, -0.2) is 4.98 Å². The zero-order chi connectivity index (χ0) is 12.1. The summed E-state index contributed by atoms with van der Waals surface area (Å²) in [5.41, 5.74) is 3.61. The van der Waals surface area contributed by atoms with Gasteiger partial charge >= 0.3 is 0 Å². The van der Waals surface area contributed by atoms with Crippen molar-refractivity contribution in [3.63, 3.8) is 0 Å². The molecule has 0 aliphatic carbocycles. The third-order valence-electron chi connectivity index (χ3n) is 2.51. The Bertz CT molecular complexity index is 436. The number of fused-ring (bicyclic) bond motifs is 1. The SMILES string of the molecule is CCOCc1cc2occc2nc1COCC. The molecule has 0 bridgehead atoms. The van der Waals surface area contributed by atoms with E-state index < -0.39 is 0 Å². The molecular formula is C13H17NO3. The van der Waals surface area contributed by atoms with Crippen molar-refractivity contribution in [2.75, 3.05) is 13.2 Å². The first-order chi connectivity index (χ1) is 8.35. The van der Waals surface area contributed by atoms with E-state index in [1.807, 2.05) is 26.0 Å². The molecular weight excluding hydrogens is 218 g/mol. The molecule has 0 atom stereocenters. The molecule has 2 heterocycles. The fraction of sp³-hybridized carbons (Fsp3) is 0.462. The Morgan fingerprint density at radius 2 is 1.94 bits per heavy atom. The topological polar surface area (TPSA) is 44.5 Å². The fourth-order valence-electron chi connectivity index (χ4n) is 1.63. The van der Waals surface area contributed by atoms with Gasteiger partial charge < -0.3 is 13.9 Å². The number of rotatable bonds is 6. The number of ether oxygens (including phenoxy) is 2. The first-order valence-corrected chi connectivity index (χ1v) is 5.86. The van der Waals surface area contributed by atoms with Crippen LogP contribution in [0.5, 0.6) is 0 Å². The van der Waals surface area contributed by atoms with E-state index in [1.165, 1.54) is 0 Å². The van der Waals surface area contributed by atoms with Gasteiger partial charge in [-0.3, -0.25) is 0 Å². The zero-order valence-corrected chi connectivity index (χ0v) is 10.2. The number of furan rings is 1. The third kappa shape index (κ3) is 2.84. The number of hydrogen-bond acceptors (Lipinski definition) is 4. The average Bonchev–Trinajstić information content (AvgIpc) is 2.80. The lowest BCUT2D eigenvalue weighted by molar-refractivity contribution is 0.117. The van der Waals surface area contributed by atoms with Gasteiger partial charge in [0.2, 0.25) is 0 Å². The molecule has 92 valence electrons. The molecule has 0 spiro atoms. The number of aromatic nitrogens is 1. The minimum atomic E-state index is 0.514. The summed E-state index contributed by atoms with van der Waals surface area (Å²) in [5.74, 6) is 0. The third-order valence-corrected chi connectivity index (χ3v) is 2.51. The second-order valence-corrected chi connectivity index (χ2v) is 3.67. The van der Waals surface area contributed by atoms with Crippen LogP contribution in [0.3, 0.4) is 0 Å². The zero-order valence-electron chi connectivity index (χ0n) is 10.2. The number of hydrogen-bond donors (Lipinski definition) is 0. The summed E-state index contributed by atoms with van der Waals surface area (Å²) in [6.45, 7) is 6.37. The van der Waals surface area contributed by atoms with Crippen molar-refractivity contribution in [3.8, 4) is 0 Å². The van der Waals surface area contributed by atoms with Crippen molar-refractivity contribution in [2.24, 2.45) is 0 Å². The largest absolute Gasteiger partial charge is 0.463 e. The minimum Gasteiger partial charge on any atom is -0.463 e. The molecule has 0 saturated heterocycles. The van der Waals surface area contributed by atoms with E-state index in [-0.39, 0.29) is 0 Å². The molecule has 4 nitrogen and oxygen atoms in total. The maximum atomic E-state index is 5.43. The summed E-state index contributed by atoms with van der Waals surface area (Å²) in [7, 11) is 0. The summed E-state index contributed by atoms with van der Waals surface area (Å²) >= 11 is 0. The smallest absolute Gasteiger partial charge is 0.152 e. The van der Waals surface area contributed by atoms with Crippen LogP contribution in [-0.4, -0.2) is 18.2 Å². The van der Waals surface area contributed by atoms with Crippen LogP contribution in [0.2, 0.25) is 0 Å². The van der Waals surface area contributed by atoms with Gasteiger partial charge in [0.1, 0.15) is 5.52 Å². The first kappa shape index (κ1) is 12.1. The highest BCUT2D eigenvalue weighted by Gasteiger charge is 2.09. The lowest BCUT2D eigenvalue weighted by Crippen LogP contribution is -2.03. The summed E-state index contributed by atoms with van der Waals surface area (Å²) in [4.78, 5) is 4.53. The van der Waals surface area contributed by atoms with Crippen molar-refractivity contribution >= 4 is 11.1 Å². The van der Waals surface area contributed by atoms with E-state index in [4.69, 9.17) is 13.9 Å². The molecule has 0 aliphatic rings. The Balaban J connectivity index is 2.29. The van der Waals surface area contributed by atoms with Crippen LogP contribution in [0, 0.1) is 0 Å². The van der Waals surface area contributed by atoms with Crippen molar-refractivity contribution in [3.05, 3.63) is 29.7 Å². The standard InChI is InChI=1S/C13H17NO3/c1-3-15-8-10-7-13-11(5-6-17-13)14-12(10)9-16-4-2/h5-7H,3-4,8-9H2,1-2H3. The van der Waals surface area contributed by atoms with Crippen LogP contribution in [0.15, 0.2) is 22.8 Å². The fourth-order valence-corrected chi connectivity index (χ4v) is 1.63. The second-order valence-electron chi connectivity index (χ2n) is 3.67. The molecule has 0 aliphatic heterocycles. The van der Waals surface area contributed by atoms with Gasteiger partial charge in [0.25, 0.3) is 0 Å². The maximum absolute atomic E-state index is 5.43. The number of pyridine rings is 1. The summed E-state index contributed by atoms with van der Waals surface area (Å²) < 4.78 is 16.2. The Morgan fingerprint density at radius 3 is 2.71 bits per heavy atom. The second kappa shape index (κ2) is 5.80. The predicted molar refractivity (Wildman–Crippen MR) is 64.7 cm³/mol. The molecule has 0 saturated carbocycles. The van der Waals surface area contributed by atoms with Crippen LogP contribution < -0.4 is 0 Å². The van der Waals surface area contributed by atoms with Gasteiger partial charge in [0.15, 0.2) is 5.58 Å². The average molecular weight is 235 g/mol. The van der Waals surface area contributed by atoms with Gasteiger partial charge in [-0.1, -0.05) is 0 Å². The first-order valence-electron chi connectivity index (χ1n) is 5.86. The Hall–Kier alpha value is -1.39. The van der Waals surface area contributed by atoms with E-state index in [1.54, 1.807) is 6.26 Å². The van der Waals surface area contributed by atoms with Crippen molar-refractivity contribution in [1.82, 2.24) is 4.98 Å². The quantitative estimate of drug-likeness (QED) is 0.772. The Labute approximate surface area is 101 Å². The van der Waals surface area contributed by atoms with E-state index >= 15 is 0 Å². The molecule has 2 aromatic rings. The molecule has 0 radical (unpaired) electrons. The van der Waals surface area contributed by atoms with Crippen LogP contribution in [-0.2, 0) is 22.7 Å².